The lowest BCUT2D eigenvalue weighted by molar-refractivity contribution is 0.0940. The molecule has 25 heavy (non-hydrogen) atoms. The number of amides is 1. The van der Waals surface area contributed by atoms with Crippen LogP contribution in [0.5, 0.6) is 5.75 Å². The van der Waals surface area contributed by atoms with Crippen molar-refractivity contribution in [3.63, 3.8) is 0 Å². The number of ether oxygens (including phenoxy) is 1. The van der Waals surface area contributed by atoms with Crippen LogP contribution in [-0.4, -0.2) is 23.2 Å². The molecule has 0 aliphatic heterocycles. The first-order valence-corrected chi connectivity index (χ1v) is 7.59. The van der Waals surface area contributed by atoms with Crippen LogP contribution in [0.15, 0.2) is 53.3 Å². The van der Waals surface area contributed by atoms with Crippen LogP contribution in [0, 0.1) is 5.82 Å². The smallest absolute Gasteiger partial charge is 0.251 e. The fourth-order valence-electron chi connectivity index (χ4n) is 2.38. The Bertz CT molecular complexity index is 864. The van der Waals surface area contributed by atoms with E-state index in [2.05, 4.69) is 15.5 Å². The second-order valence-corrected chi connectivity index (χ2v) is 5.41. The summed E-state index contributed by atoms with van der Waals surface area (Å²) in [4.78, 5) is 12.4. The molecule has 7 heteroatoms. The van der Waals surface area contributed by atoms with Gasteiger partial charge in [-0.2, -0.15) is 0 Å². The molecule has 3 aromatic rings. The van der Waals surface area contributed by atoms with Gasteiger partial charge in [0.05, 0.1) is 13.2 Å². The molecule has 1 amide bonds. The topological polar surface area (TPSA) is 77.2 Å². The molecule has 2 aromatic carbocycles. The highest BCUT2D eigenvalue weighted by molar-refractivity contribution is 5.94. The molecular weight excluding hydrogens is 325 g/mol. The minimum atomic E-state index is -0.468. The van der Waals surface area contributed by atoms with Gasteiger partial charge < -0.3 is 14.5 Å². The van der Waals surface area contributed by atoms with Crippen molar-refractivity contribution in [3.8, 4) is 17.2 Å². The van der Waals surface area contributed by atoms with Crippen LogP contribution in [-0.2, 0) is 0 Å². The highest BCUT2D eigenvalue weighted by Crippen LogP contribution is 2.22. The predicted octanol–water partition coefficient (Wildman–Crippen LogP) is 3.38. The van der Waals surface area contributed by atoms with Crippen molar-refractivity contribution >= 4 is 5.91 Å². The molecule has 1 N–H and O–H groups in total. The first kappa shape index (κ1) is 16.6. The van der Waals surface area contributed by atoms with Gasteiger partial charge >= 0.3 is 0 Å². The monoisotopic (exact) mass is 341 g/mol. The molecule has 1 atom stereocenters. The molecular formula is C18H16FN3O3. The van der Waals surface area contributed by atoms with Crippen molar-refractivity contribution in [2.24, 2.45) is 0 Å². The fraction of sp³-hybridized carbons (Fsp3) is 0.167. The van der Waals surface area contributed by atoms with Crippen molar-refractivity contribution in [3.05, 3.63) is 65.8 Å². The third-order valence-corrected chi connectivity index (χ3v) is 3.78. The van der Waals surface area contributed by atoms with E-state index in [1.807, 2.05) is 0 Å². The Labute approximate surface area is 143 Å². The van der Waals surface area contributed by atoms with E-state index >= 15 is 0 Å². The Morgan fingerprint density at radius 1 is 1.24 bits per heavy atom. The number of hydrogen-bond acceptors (Lipinski definition) is 5. The van der Waals surface area contributed by atoms with Gasteiger partial charge in [0, 0.05) is 11.1 Å². The van der Waals surface area contributed by atoms with Gasteiger partial charge in [0.1, 0.15) is 0 Å². The molecule has 0 bridgehead atoms. The van der Waals surface area contributed by atoms with Crippen LogP contribution in [0.2, 0.25) is 0 Å². The quantitative estimate of drug-likeness (QED) is 0.770. The van der Waals surface area contributed by atoms with Crippen LogP contribution < -0.4 is 10.1 Å². The third-order valence-electron chi connectivity index (χ3n) is 3.78. The normalized spacial score (nSPS) is 11.8. The Hall–Kier alpha value is -3.22. The first-order valence-electron chi connectivity index (χ1n) is 7.59. The first-order chi connectivity index (χ1) is 12.1. The summed E-state index contributed by atoms with van der Waals surface area (Å²) in [7, 11) is 1.40. The number of methoxy groups -OCH3 is 1. The van der Waals surface area contributed by atoms with Crippen LogP contribution in [0.1, 0.15) is 28.9 Å². The zero-order chi connectivity index (χ0) is 17.8. The van der Waals surface area contributed by atoms with E-state index in [9.17, 15) is 9.18 Å². The second-order valence-electron chi connectivity index (χ2n) is 5.41. The van der Waals surface area contributed by atoms with Crippen molar-refractivity contribution in [2.75, 3.05) is 7.11 Å². The number of hydrogen-bond donors (Lipinski definition) is 1. The van der Waals surface area contributed by atoms with Gasteiger partial charge in [-0.1, -0.05) is 6.07 Å². The molecule has 0 unspecified atom stereocenters. The maximum absolute atomic E-state index is 13.8. The number of benzene rings is 2. The number of rotatable bonds is 5. The maximum atomic E-state index is 13.8. The van der Waals surface area contributed by atoms with E-state index in [0.717, 1.165) is 5.56 Å². The number of halogens is 1. The van der Waals surface area contributed by atoms with Crippen LogP contribution >= 0.6 is 0 Å². The average molecular weight is 341 g/mol. The number of carbonyl (C=O) groups excluding carboxylic acids is 1. The van der Waals surface area contributed by atoms with Gasteiger partial charge in [-0.25, -0.2) is 4.39 Å². The summed E-state index contributed by atoms with van der Waals surface area (Å²) in [6.45, 7) is 1.78. The summed E-state index contributed by atoms with van der Waals surface area (Å²) in [5, 5.41) is 10.3. The Morgan fingerprint density at radius 3 is 2.60 bits per heavy atom. The van der Waals surface area contributed by atoms with Gasteiger partial charge in [-0.05, 0) is 48.9 Å². The molecule has 1 aromatic heterocycles. The molecule has 0 aliphatic rings. The Morgan fingerprint density at radius 2 is 2.00 bits per heavy atom. The van der Waals surface area contributed by atoms with Crippen molar-refractivity contribution in [2.45, 2.75) is 13.0 Å². The molecule has 0 fully saturated rings. The molecule has 6 nitrogen and oxygen atoms in total. The van der Waals surface area contributed by atoms with E-state index in [1.54, 1.807) is 37.3 Å². The Kier molecular flexibility index (Phi) is 4.74. The lowest BCUT2D eigenvalue weighted by atomic mass is 10.1. The zero-order valence-electron chi connectivity index (χ0n) is 13.7. The number of nitrogens with zero attached hydrogens (tertiary/aromatic N) is 2. The standard InChI is InChI=1S/C18H16FN3O3/c1-11(14-7-8-16(24-2)15(19)9-14)21-17(23)12-3-5-13(6-4-12)18-22-20-10-25-18/h3-11H,1-2H3,(H,21,23)/t11-/m1/s1. The minimum absolute atomic E-state index is 0.166. The van der Waals surface area contributed by atoms with Crippen molar-refractivity contribution in [1.29, 1.82) is 0 Å². The number of nitrogens with one attached hydrogen (secondary N) is 1. The van der Waals surface area contributed by atoms with E-state index in [4.69, 9.17) is 9.15 Å². The van der Waals surface area contributed by atoms with Crippen molar-refractivity contribution in [1.82, 2.24) is 15.5 Å². The van der Waals surface area contributed by atoms with Crippen molar-refractivity contribution < 1.29 is 18.3 Å². The average Bonchev–Trinajstić information content (AvgIpc) is 3.16. The van der Waals surface area contributed by atoms with E-state index in [0.29, 0.717) is 17.0 Å². The molecule has 1 heterocycles. The highest BCUT2D eigenvalue weighted by atomic mass is 19.1. The largest absolute Gasteiger partial charge is 0.494 e. The SMILES string of the molecule is COc1ccc([C@@H](C)NC(=O)c2ccc(-c3nnco3)cc2)cc1F. The minimum Gasteiger partial charge on any atom is -0.494 e. The Balaban J connectivity index is 1.70. The molecule has 0 radical (unpaired) electrons. The number of aromatic nitrogens is 2. The summed E-state index contributed by atoms with van der Waals surface area (Å²) in [5.74, 6) is -0.182. The summed E-state index contributed by atoms with van der Waals surface area (Å²) in [6, 6.07) is 11.0. The zero-order valence-corrected chi connectivity index (χ0v) is 13.7. The van der Waals surface area contributed by atoms with Gasteiger partial charge in [-0.15, -0.1) is 10.2 Å². The van der Waals surface area contributed by atoms with Crippen LogP contribution in [0.25, 0.3) is 11.5 Å². The summed E-state index contributed by atoms with van der Waals surface area (Å²) < 4.78 is 23.8. The van der Waals surface area contributed by atoms with E-state index < -0.39 is 5.82 Å². The summed E-state index contributed by atoms with van der Waals surface area (Å²) >= 11 is 0. The second kappa shape index (κ2) is 7.12. The maximum Gasteiger partial charge on any atom is 0.251 e. The number of carbonyl (C=O) groups is 1. The molecule has 128 valence electrons. The molecule has 0 saturated carbocycles. The fourth-order valence-corrected chi connectivity index (χ4v) is 2.38. The molecule has 0 aliphatic carbocycles. The molecule has 0 saturated heterocycles. The third kappa shape index (κ3) is 3.65. The van der Waals surface area contributed by atoms with Gasteiger partial charge in [0.15, 0.2) is 11.6 Å². The van der Waals surface area contributed by atoms with Gasteiger partial charge in [-0.3, -0.25) is 4.79 Å². The summed E-state index contributed by atoms with van der Waals surface area (Å²) in [6.07, 6.45) is 1.24. The van der Waals surface area contributed by atoms with E-state index in [1.165, 1.54) is 25.6 Å². The lowest BCUT2D eigenvalue weighted by Gasteiger charge is -2.15. The molecule has 3 rings (SSSR count). The van der Waals surface area contributed by atoms with Gasteiger partial charge in [0.2, 0.25) is 12.3 Å². The lowest BCUT2D eigenvalue weighted by Crippen LogP contribution is -2.26. The molecule has 0 spiro atoms. The van der Waals surface area contributed by atoms with E-state index in [-0.39, 0.29) is 17.7 Å². The van der Waals surface area contributed by atoms with Crippen LogP contribution in [0.4, 0.5) is 4.39 Å². The van der Waals surface area contributed by atoms with Crippen LogP contribution in [0.3, 0.4) is 0 Å². The predicted molar refractivity (Wildman–Crippen MR) is 88.6 cm³/mol. The summed E-state index contributed by atoms with van der Waals surface area (Å²) in [5.41, 5.74) is 1.84. The van der Waals surface area contributed by atoms with Gasteiger partial charge in [0.25, 0.3) is 5.91 Å². The highest BCUT2D eigenvalue weighted by Gasteiger charge is 2.14.